The van der Waals surface area contributed by atoms with Crippen molar-refractivity contribution >= 4 is 38.9 Å². The van der Waals surface area contributed by atoms with Gasteiger partial charge in [0, 0.05) is 4.47 Å². The molecule has 1 heterocycles. The van der Waals surface area contributed by atoms with Crippen molar-refractivity contribution in [3.63, 3.8) is 0 Å². The van der Waals surface area contributed by atoms with E-state index in [1.807, 2.05) is 6.07 Å². The summed E-state index contributed by atoms with van der Waals surface area (Å²) < 4.78 is 6.30. The predicted molar refractivity (Wildman–Crippen MR) is 65.1 cm³/mol. The minimum absolute atomic E-state index is 0.146. The summed E-state index contributed by atoms with van der Waals surface area (Å²) in [7, 11) is 0. The molecule has 2 aromatic rings. The number of aliphatic hydroxyl groups is 1. The van der Waals surface area contributed by atoms with Crippen LogP contribution in [0, 0.1) is 0 Å². The van der Waals surface area contributed by atoms with Crippen LogP contribution >= 0.6 is 38.9 Å². The van der Waals surface area contributed by atoms with Gasteiger partial charge in [-0.05, 0) is 18.2 Å². The summed E-state index contributed by atoms with van der Waals surface area (Å²) in [4.78, 5) is 0. The van der Waals surface area contributed by atoms with Crippen LogP contribution in [0.25, 0.3) is 0 Å². The number of aromatic nitrogens is 2. The van der Waals surface area contributed by atoms with Gasteiger partial charge in [-0.2, -0.15) is 0 Å². The van der Waals surface area contributed by atoms with Crippen LogP contribution in [0.3, 0.4) is 0 Å². The van der Waals surface area contributed by atoms with Gasteiger partial charge in [-0.1, -0.05) is 44.0 Å². The molecular formula is C9H6BrClN2O2S. The van der Waals surface area contributed by atoms with Gasteiger partial charge >= 0.3 is 0 Å². The van der Waals surface area contributed by atoms with Gasteiger partial charge in [0.1, 0.15) is 10.8 Å². The Labute approximate surface area is 109 Å². The summed E-state index contributed by atoms with van der Waals surface area (Å²) in [6, 6.07) is 5.27. The number of nitrogens with zero attached hydrogens (tertiary/aromatic N) is 2. The summed E-state index contributed by atoms with van der Waals surface area (Å²) >= 11 is 10.4. The molecule has 0 amide bonds. The van der Waals surface area contributed by atoms with E-state index in [0.717, 1.165) is 4.47 Å². The van der Waals surface area contributed by atoms with E-state index in [4.69, 9.17) is 21.4 Å². The molecule has 84 valence electrons. The van der Waals surface area contributed by atoms with Gasteiger partial charge in [0.15, 0.2) is 0 Å². The van der Waals surface area contributed by atoms with Crippen LogP contribution in [0.5, 0.6) is 10.9 Å². The lowest BCUT2D eigenvalue weighted by Gasteiger charge is -2.03. The zero-order chi connectivity index (χ0) is 11.5. The summed E-state index contributed by atoms with van der Waals surface area (Å²) in [6.45, 7) is -0.146. The van der Waals surface area contributed by atoms with Gasteiger partial charge in [-0.3, -0.25) is 0 Å². The maximum atomic E-state index is 8.83. The third-order valence-electron chi connectivity index (χ3n) is 1.67. The van der Waals surface area contributed by atoms with E-state index in [2.05, 4.69) is 26.1 Å². The zero-order valence-electron chi connectivity index (χ0n) is 7.85. The largest absolute Gasteiger partial charge is 0.428 e. The number of ether oxygens (including phenoxy) is 1. The number of hydrogen-bond acceptors (Lipinski definition) is 5. The van der Waals surface area contributed by atoms with E-state index in [1.54, 1.807) is 12.1 Å². The van der Waals surface area contributed by atoms with Crippen LogP contribution in [-0.2, 0) is 6.61 Å². The smallest absolute Gasteiger partial charge is 0.299 e. The van der Waals surface area contributed by atoms with Gasteiger partial charge in [0.2, 0.25) is 0 Å². The lowest BCUT2D eigenvalue weighted by Crippen LogP contribution is -1.84. The van der Waals surface area contributed by atoms with E-state index in [1.165, 1.54) is 11.3 Å². The van der Waals surface area contributed by atoms with Crippen molar-refractivity contribution in [2.45, 2.75) is 6.61 Å². The van der Waals surface area contributed by atoms with Crippen LogP contribution in [0.15, 0.2) is 22.7 Å². The Morgan fingerprint density at radius 1 is 1.44 bits per heavy atom. The Kier molecular flexibility index (Phi) is 3.75. The Bertz CT molecular complexity index is 506. The highest BCUT2D eigenvalue weighted by molar-refractivity contribution is 9.10. The molecular weight excluding hydrogens is 316 g/mol. The Morgan fingerprint density at radius 3 is 2.94 bits per heavy atom. The van der Waals surface area contributed by atoms with Gasteiger partial charge < -0.3 is 9.84 Å². The van der Waals surface area contributed by atoms with Gasteiger partial charge in [-0.25, -0.2) is 0 Å². The number of aliphatic hydroxyl groups excluding tert-OH is 1. The average Bonchev–Trinajstić information content (AvgIpc) is 2.71. The lowest BCUT2D eigenvalue weighted by atomic mass is 10.3. The third kappa shape index (κ3) is 2.70. The second kappa shape index (κ2) is 5.09. The second-order valence-corrected chi connectivity index (χ2v) is 5.14. The SMILES string of the molecule is OCc1nnc(Oc2cc(Br)ccc2Cl)s1. The minimum atomic E-state index is -0.146. The Balaban J connectivity index is 2.22. The minimum Gasteiger partial charge on any atom is -0.428 e. The van der Waals surface area contributed by atoms with E-state index >= 15 is 0 Å². The number of halogens is 2. The van der Waals surface area contributed by atoms with E-state index in [0.29, 0.717) is 21.0 Å². The quantitative estimate of drug-likeness (QED) is 0.943. The van der Waals surface area contributed by atoms with E-state index in [9.17, 15) is 0 Å². The van der Waals surface area contributed by atoms with Crippen LogP contribution < -0.4 is 4.74 Å². The summed E-state index contributed by atoms with van der Waals surface area (Å²) in [5.41, 5.74) is 0. The zero-order valence-corrected chi connectivity index (χ0v) is 11.0. The first-order valence-electron chi connectivity index (χ1n) is 4.25. The van der Waals surface area contributed by atoms with Crippen molar-refractivity contribution in [3.8, 4) is 10.9 Å². The number of rotatable bonds is 3. The predicted octanol–water partition coefficient (Wildman–Crippen LogP) is 3.24. The van der Waals surface area contributed by atoms with Crippen LogP contribution in [0.1, 0.15) is 5.01 Å². The fourth-order valence-corrected chi connectivity index (χ4v) is 2.05. The molecule has 7 heteroatoms. The van der Waals surface area contributed by atoms with Crippen molar-refractivity contribution in [1.82, 2.24) is 10.2 Å². The van der Waals surface area contributed by atoms with Crippen molar-refractivity contribution in [3.05, 3.63) is 32.7 Å². The first-order valence-corrected chi connectivity index (χ1v) is 6.24. The van der Waals surface area contributed by atoms with Crippen LogP contribution in [-0.4, -0.2) is 15.3 Å². The monoisotopic (exact) mass is 320 g/mol. The van der Waals surface area contributed by atoms with Gasteiger partial charge in [0.05, 0.1) is 11.6 Å². The molecule has 0 saturated carbocycles. The number of hydrogen-bond donors (Lipinski definition) is 1. The van der Waals surface area contributed by atoms with Crippen molar-refractivity contribution in [2.24, 2.45) is 0 Å². The third-order valence-corrected chi connectivity index (χ3v) is 3.27. The highest BCUT2D eigenvalue weighted by atomic mass is 79.9. The summed E-state index contributed by atoms with van der Waals surface area (Å²) in [5.74, 6) is 0.497. The molecule has 0 radical (unpaired) electrons. The average molecular weight is 322 g/mol. The molecule has 0 bridgehead atoms. The van der Waals surface area contributed by atoms with Crippen LogP contribution in [0.2, 0.25) is 5.02 Å². The maximum absolute atomic E-state index is 8.83. The normalized spacial score (nSPS) is 10.4. The molecule has 16 heavy (non-hydrogen) atoms. The fraction of sp³-hybridized carbons (Fsp3) is 0.111. The molecule has 0 aliphatic carbocycles. The molecule has 0 unspecified atom stereocenters. The van der Waals surface area contributed by atoms with Crippen molar-refractivity contribution in [1.29, 1.82) is 0 Å². The first kappa shape index (κ1) is 11.8. The molecule has 0 saturated heterocycles. The van der Waals surface area contributed by atoms with Gasteiger partial charge in [0.25, 0.3) is 5.19 Å². The van der Waals surface area contributed by atoms with Crippen molar-refractivity contribution in [2.75, 3.05) is 0 Å². The molecule has 0 spiro atoms. The highest BCUT2D eigenvalue weighted by Crippen LogP contribution is 2.33. The Morgan fingerprint density at radius 2 is 2.25 bits per heavy atom. The summed E-state index contributed by atoms with van der Waals surface area (Å²) in [6.07, 6.45) is 0. The topological polar surface area (TPSA) is 55.2 Å². The number of benzene rings is 1. The molecule has 0 atom stereocenters. The summed E-state index contributed by atoms with van der Waals surface area (Å²) in [5, 5.41) is 17.7. The lowest BCUT2D eigenvalue weighted by molar-refractivity contribution is 0.280. The maximum Gasteiger partial charge on any atom is 0.299 e. The molecule has 4 nitrogen and oxygen atoms in total. The molecule has 1 aromatic heterocycles. The standard InChI is InChI=1S/C9H6BrClN2O2S/c10-5-1-2-6(11)7(3-5)15-9-13-12-8(4-14)16-9/h1-3,14H,4H2. The fourth-order valence-electron chi connectivity index (χ4n) is 0.993. The second-order valence-electron chi connectivity index (χ2n) is 2.80. The van der Waals surface area contributed by atoms with E-state index in [-0.39, 0.29) is 6.61 Å². The molecule has 0 aliphatic rings. The molecule has 0 fully saturated rings. The van der Waals surface area contributed by atoms with Gasteiger partial charge in [-0.15, -0.1) is 5.10 Å². The highest BCUT2D eigenvalue weighted by Gasteiger charge is 2.08. The molecule has 0 aliphatic heterocycles. The Hall–Kier alpha value is -0.690. The van der Waals surface area contributed by atoms with E-state index < -0.39 is 0 Å². The molecule has 1 N–H and O–H groups in total. The molecule has 2 rings (SSSR count). The van der Waals surface area contributed by atoms with Crippen LogP contribution in [0.4, 0.5) is 0 Å². The molecule has 1 aromatic carbocycles. The van der Waals surface area contributed by atoms with Crippen molar-refractivity contribution < 1.29 is 9.84 Å². The first-order chi connectivity index (χ1) is 7.69.